The molecule has 0 aliphatic heterocycles. The average molecular weight is 304 g/mol. The fourth-order valence-electron chi connectivity index (χ4n) is 1.46. The van der Waals surface area contributed by atoms with Gasteiger partial charge in [-0.25, -0.2) is 9.37 Å². The lowest BCUT2D eigenvalue weighted by atomic mass is 10.1. The third-order valence-electron chi connectivity index (χ3n) is 2.46. The zero-order valence-electron chi connectivity index (χ0n) is 10.1. The second-order valence-electron chi connectivity index (χ2n) is 3.95. The highest BCUT2D eigenvalue weighted by Crippen LogP contribution is 2.31. The van der Waals surface area contributed by atoms with Crippen LogP contribution in [0.4, 0.5) is 22.7 Å². The predicted octanol–water partition coefficient (Wildman–Crippen LogP) is 3.86. The number of alkyl halides is 3. The number of carbonyl (C=O) groups is 1. The molecule has 1 aromatic heterocycles. The van der Waals surface area contributed by atoms with Gasteiger partial charge in [-0.3, -0.25) is 10.1 Å². The Kier molecular flexibility index (Phi) is 3.76. The van der Waals surface area contributed by atoms with Gasteiger partial charge in [-0.1, -0.05) is 6.07 Å². The van der Waals surface area contributed by atoms with E-state index in [1.165, 1.54) is 12.1 Å². The van der Waals surface area contributed by atoms with Crippen LogP contribution < -0.4 is 5.32 Å². The third-order valence-corrected chi connectivity index (χ3v) is 3.22. The Morgan fingerprint density at radius 1 is 1.35 bits per heavy atom. The summed E-state index contributed by atoms with van der Waals surface area (Å²) in [6, 6.07) is 3.62. The van der Waals surface area contributed by atoms with E-state index in [4.69, 9.17) is 0 Å². The van der Waals surface area contributed by atoms with Crippen molar-refractivity contribution in [3.63, 3.8) is 0 Å². The molecule has 2 rings (SSSR count). The van der Waals surface area contributed by atoms with Crippen molar-refractivity contribution in [1.82, 2.24) is 4.98 Å². The summed E-state index contributed by atoms with van der Waals surface area (Å²) in [5, 5.41) is 2.83. The molecule has 0 fully saturated rings. The summed E-state index contributed by atoms with van der Waals surface area (Å²) in [7, 11) is 0. The molecule has 0 saturated carbocycles. The van der Waals surface area contributed by atoms with Crippen LogP contribution >= 0.6 is 11.3 Å². The number of nitrogens with one attached hydrogen (secondary N) is 1. The molecule has 0 aliphatic rings. The zero-order chi connectivity index (χ0) is 14.9. The van der Waals surface area contributed by atoms with Crippen molar-refractivity contribution in [1.29, 1.82) is 0 Å². The first-order chi connectivity index (χ1) is 9.27. The fraction of sp³-hybridized carbons (Fsp3) is 0.167. The Labute approximate surface area is 115 Å². The molecule has 8 heteroatoms. The van der Waals surface area contributed by atoms with E-state index in [0.29, 0.717) is 16.9 Å². The van der Waals surface area contributed by atoms with Crippen molar-refractivity contribution in [2.75, 3.05) is 5.32 Å². The highest BCUT2D eigenvalue weighted by molar-refractivity contribution is 7.14. The molecule has 20 heavy (non-hydrogen) atoms. The molecular formula is C12H8F4N2OS. The zero-order valence-corrected chi connectivity index (χ0v) is 10.9. The van der Waals surface area contributed by atoms with E-state index in [1.54, 1.807) is 6.92 Å². The molecule has 0 aliphatic carbocycles. The Morgan fingerprint density at radius 3 is 2.65 bits per heavy atom. The van der Waals surface area contributed by atoms with Crippen molar-refractivity contribution in [2.45, 2.75) is 13.1 Å². The summed E-state index contributed by atoms with van der Waals surface area (Å²) in [6.07, 6.45) is -4.56. The SMILES string of the molecule is Cc1ccc(F)cc1C(=O)Nc1nc(C(F)(F)F)cs1. The third kappa shape index (κ3) is 3.13. The Hall–Kier alpha value is -1.96. The van der Waals surface area contributed by atoms with Gasteiger partial charge < -0.3 is 0 Å². The molecule has 2 aromatic rings. The van der Waals surface area contributed by atoms with E-state index >= 15 is 0 Å². The minimum atomic E-state index is -4.56. The van der Waals surface area contributed by atoms with E-state index in [9.17, 15) is 22.4 Å². The average Bonchev–Trinajstić information content (AvgIpc) is 2.80. The summed E-state index contributed by atoms with van der Waals surface area (Å²) in [6.45, 7) is 1.59. The number of thiazole rings is 1. The number of benzene rings is 1. The number of carbonyl (C=O) groups excluding carboxylic acids is 1. The number of anilines is 1. The van der Waals surface area contributed by atoms with Gasteiger partial charge in [-0.2, -0.15) is 13.2 Å². The molecule has 0 unspecified atom stereocenters. The molecule has 1 heterocycles. The maximum absolute atomic E-state index is 13.1. The van der Waals surface area contributed by atoms with Crippen LogP contribution in [0.25, 0.3) is 0 Å². The lowest BCUT2D eigenvalue weighted by molar-refractivity contribution is -0.140. The summed E-state index contributed by atoms with van der Waals surface area (Å²) in [4.78, 5) is 15.1. The van der Waals surface area contributed by atoms with Gasteiger partial charge in [-0.15, -0.1) is 11.3 Å². The van der Waals surface area contributed by atoms with Crippen molar-refractivity contribution >= 4 is 22.4 Å². The van der Waals surface area contributed by atoms with Gasteiger partial charge in [0, 0.05) is 10.9 Å². The van der Waals surface area contributed by atoms with E-state index < -0.39 is 23.6 Å². The van der Waals surface area contributed by atoms with Crippen LogP contribution in [-0.2, 0) is 6.18 Å². The van der Waals surface area contributed by atoms with Crippen LogP contribution in [0.3, 0.4) is 0 Å². The number of aryl methyl sites for hydroxylation is 1. The molecule has 1 N–H and O–H groups in total. The summed E-state index contributed by atoms with van der Waals surface area (Å²) >= 11 is 0.653. The minimum Gasteiger partial charge on any atom is -0.298 e. The van der Waals surface area contributed by atoms with Crippen LogP contribution in [-0.4, -0.2) is 10.9 Å². The Morgan fingerprint density at radius 2 is 2.05 bits per heavy atom. The summed E-state index contributed by atoms with van der Waals surface area (Å²) in [5.74, 6) is -1.30. The van der Waals surface area contributed by atoms with Gasteiger partial charge in [0.15, 0.2) is 10.8 Å². The molecule has 1 aromatic carbocycles. The topological polar surface area (TPSA) is 42.0 Å². The second kappa shape index (κ2) is 5.20. The molecule has 0 bridgehead atoms. The van der Waals surface area contributed by atoms with Crippen LogP contribution in [0.15, 0.2) is 23.6 Å². The summed E-state index contributed by atoms with van der Waals surface area (Å²) in [5.41, 5.74) is -0.515. The first kappa shape index (κ1) is 14.4. The highest BCUT2D eigenvalue weighted by atomic mass is 32.1. The van der Waals surface area contributed by atoms with Gasteiger partial charge in [-0.05, 0) is 24.6 Å². The molecule has 3 nitrogen and oxygen atoms in total. The molecule has 106 valence electrons. The number of hydrogen-bond donors (Lipinski definition) is 1. The summed E-state index contributed by atoms with van der Waals surface area (Å²) < 4.78 is 50.1. The quantitative estimate of drug-likeness (QED) is 0.856. The molecule has 0 spiro atoms. The number of rotatable bonds is 2. The number of aromatic nitrogens is 1. The van der Waals surface area contributed by atoms with Gasteiger partial charge in [0.2, 0.25) is 0 Å². The fourth-order valence-corrected chi connectivity index (χ4v) is 2.18. The van der Waals surface area contributed by atoms with Crippen LogP contribution in [0, 0.1) is 12.7 Å². The van der Waals surface area contributed by atoms with E-state index in [-0.39, 0.29) is 10.7 Å². The van der Waals surface area contributed by atoms with Gasteiger partial charge in [0.1, 0.15) is 5.82 Å². The Balaban J connectivity index is 2.20. The van der Waals surface area contributed by atoms with E-state index in [2.05, 4.69) is 10.3 Å². The number of hydrogen-bond acceptors (Lipinski definition) is 3. The normalized spacial score (nSPS) is 11.4. The predicted molar refractivity (Wildman–Crippen MR) is 66.2 cm³/mol. The van der Waals surface area contributed by atoms with Crippen molar-refractivity contribution in [3.05, 3.63) is 46.2 Å². The van der Waals surface area contributed by atoms with Gasteiger partial charge in [0.25, 0.3) is 5.91 Å². The molecule has 0 radical (unpaired) electrons. The number of amides is 1. The second-order valence-corrected chi connectivity index (χ2v) is 4.81. The van der Waals surface area contributed by atoms with Crippen molar-refractivity contribution in [3.8, 4) is 0 Å². The van der Waals surface area contributed by atoms with Crippen molar-refractivity contribution in [2.24, 2.45) is 0 Å². The lowest BCUT2D eigenvalue weighted by Crippen LogP contribution is -2.14. The van der Waals surface area contributed by atoms with Crippen molar-refractivity contribution < 1.29 is 22.4 Å². The Bertz CT molecular complexity index is 651. The highest BCUT2D eigenvalue weighted by Gasteiger charge is 2.33. The number of halogens is 4. The van der Waals surface area contributed by atoms with Gasteiger partial charge >= 0.3 is 6.18 Å². The minimum absolute atomic E-state index is 0.0498. The number of nitrogens with zero attached hydrogens (tertiary/aromatic N) is 1. The molecule has 0 saturated heterocycles. The van der Waals surface area contributed by atoms with Gasteiger partial charge in [0.05, 0.1) is 0 Å². The molecule has 1 amide bonds. The van der Waals surface area contributed by atoms with Crippen LogP contribution in [0.5, 0.6) is 0 Å². The molecule has 0 atom stereocenters. The lowest BCUT2D eigenvalue weighted by Gasteiger charge is -2.05. The van der Waals surface area contributed by atoms with Crippen LogP contribution in [0.2, 0.25) is 0 Å². The smallest absolute Gasteiger partial charge is 0.298 e. The van der Waals surface area contributed by atoms with Crippen LogP contribution in [0.1, 0.15) is 21.6 Å². The standard InChI is InChI=1S/C12H8F4N2OS/c1-6-2-3-7(13)4-8(6)10(19)18-11-17-9(5-20-11)12(14,15)16/h2-5H,1H3,(H,17,18,19). The van der Waals surface area contributed by atoms with E-state index in [0.717, 1.165) is 11.4 Å². The van der Waals surface area contributed by atoms with E-state index in [1.807, 2.05) is 0 Å². The maximum atomic E-state index is 13.1. The largest absolute Gasteiger partial charge is 0.434 e. The maximum Gasteiger partial charge on any atom is 0.434 e. The monoisotopic (exact) mass is 304 g/mol. The first-order valence-electron chi connectivity index (χ1n) is 5.37. The first-order valence-corrected chi connectivity index (χ1v) is 6.25. The molecular weight excluding hydrogens is 296 g/mol.